The van der Waals surface area contributed by atoms with Gasteiger partial charge in [-0.05, 0) is 70.5 Å². The van der Waals surface area contributed by atoms with Crippen molar-refractivity contribution in [2.45, 2.75) is 64.0 Å². The van der Waals surface area contributed by atoms with Gasteiger partial charge in [-0.25, -0.2) is 9.37 Å². The van der Waals surface area contributed by atoms with E-state index in [1.807, 2.05) is 6.07 Å². The van der Waals surface area contributed by atoms with Crippen LogP contribution in [0.4, 0.5) is 10.2 Å². The van der Waals surface area contributed by atoms with E-state index >= 15 is 0 Å². The summed E-state index contributed by atoms with van der Waals surface area (Å²) in [6, 6.07) is 4.04. The van der Waals surface area contributed by atoms with Crippen LogP contribution in [0.5, 0.6) is 0 Å². The summed E-state index contributed by atoms with van der Waals surface area (Å²) in [5, 5.41) is 9.76. The third kappa shape index (κ3) is 3.54. The Hall–Kier alpha value is -1.20. The Bertz CT molecular complexity index is 617. The van der Waals surface area contributed by atoms with Gasteiger partial charge >= 0.3 is 0 Å². The first-order chi connectivity index (χ1) is 12.0. The Morgan fingerprint density at radius 3 is 2.68 bits per heavy atom. The second kappa shape index (κ2) is 6.84. The number of rotatable bonds is 2. The van der Waals surface area contributed by atoms with Crippen molar-refractivity contribution in [2.75, 3.05) is 31.1 Å². The summed E-state index contributed by atoms with van der Waals surface area (Å²) >= 11 is 0. The van der Waals surface area contributed by atoms with E-state index in [0.717, 1.165) is 44.6 Å². The first-order valence-electron chi connectivity index (χ1n) is 9.85. The van der Waals surface area contributed by atoms with Crippen LogP contribution >= 0.6 is 0 Å². The van der Waals surface area contributed by atoms with Gasteiger partial charge < -0.3 is 10.0 Å². The molecule has 1 aliphatic carbocycles. The van der Waals surface area contributed by atoms with E-state index in [2.05, 4.69) is 14.8 Å². The van der Waals surface area contributed by atoms with Crippen molar-refractivity contribution >= 4 is 5.82 Å². The Kier molecular flexibility index (Phi) is 4.71. The van der Waals surface area contributed by atoms with E-state index in [1.165, 1.54) is 32.4 Å². The van der Waals surface area contributed by atoms with Crippen molar-refractivity contribution < 1.29 is 9.50 Å². The zero-order valence-electron chi connectivity index (χ0n) is 15.3. The third-order valence-corrected chi connectivity index (χ3v) is 6.64. The zero-order chi connectivity index (χ0) is 17.4. The highest BCUT2D eigenvalue weighted by atomic mass is 19.1. The molecule has 5 heteroatoms. The Morgan fingerprint density at radius 2 is 1.92 bits per heavy atom. The second-order valence-corrected chi connectivity index (χ2v) is 8.44. The van der Waals surface area contributed by atoms with Crippen LogP contribution in [-0.2, 0) is 0 Å². The zero-order valence-corrected chi connectivity index (χ0v) is 15.3. The molecular formula is C20H30FN3O. The Balaban J connectivity index is 1.43. The summed E-state index contributed by atoms with van der Waals surface area (Å²) < 4.78 is 13.5. The van der Waals surface area contributed by atoms with Crippen LogP contribution < -0.4 is 4.90 Å². The smallest absolute Gasteiger partial charge is 0.144 e. The standard InChI is InChI=1S/C20H30FN3O/c1-15-18(21)7-8-19(22-15)24-11-2-9-20(14-24)10-12-23(13-20)16-3-5-17(25)6-4-16/h7-8,16-17,25H,2-6,9-14H2,1H3/t16?,17?,20-/m0/s1. The highest BCUT2D eigenvalue weighted by molar-refractivity contribution is 5.40. The summed E-state index contributed by atoms with van der Waals surface area (Å²) in [7, 11) is 0. The molecule has 0 bridgehead atoms. The average molecular weight is 347 g/mol. The van der Waals surface area contributed by atoms with Crippen LogP contribution in [-0.4, -0.2) is 53.3 Å². The van der Waals surface area contributed by atoms with Gasteiger partial charge in [-0.15, -0.1) is 0 Å². The number of halogens is 1. The molecule has 4 rings (SSSR count). The Labute approximate surface area is 150 Å². The largest absolute Gasteiger partial charge is 0.393 e. The van der Waals surface area contributed by atoms with Gasteiger partial charge in [-0.1, -0.05) is 0 Å². The number of aliphatic hydroxyl groups is 1. The highest BCUT2D eigenvalue weighted by Crippen LogP contribution is 2.42. The van der Waals surface area contributed by atoms with Crippen molar-refractivity contribution in [2.24, 2.45) is 5.41 Å². The van der Waals surface area contributed by atoms with Crippen LogP contribution in [0.3, 0.4) is 0 Å². The number of piperidine rings is 1. The predicted molar refractivity (Wildman–Crippen MR) is 97.3 cm³/mol. The lowest BCUT2D eigenvalue weighted by atomic mass is 9.79. The molecule has 2 aliphatic heterocycles. The molecule has 2 saturated heterocycles. The van der Waals surface area contributed by atoms with Crippen LogP contribution in [0.2, 0.25) is 0 Å². The number of anilines is 1. The minimum Gasteiger partial charge on any atom is -0.393 e. The fourth-order valence-corrected chi connectivity index (χ4v) is 5.15. The quantitative estimate of drug-likeness (QED) is 0.892. The van der Waals surface area contributed by atoms with Gasteiger partial charge in [0.05, 0.1) is 11.8 Å². The molecule has 1 atom stereocenters. The first kappa shape index (κ1) is 17.2. The topological polar surface area (TPSA) is 39.6 Å². The summed E-state index contributed by atoms with van der Waals surface area (Å²) in [6.45, 7) is 6.16. The second-order valence-electron chi connectivity index (χ2n) is 8.44. The van der Waals surface area contributed by atoms with E-state index in [4.69, 9.17) is 0 Å². The molecule has 0 radical (unpaired) electrons. The van der Waals surface area contributed by atoms with Gasteiger partial charge in [-0.2, -0.15) is 0 Å². The van der Waals surface area contributed by atoms with E-state index < -0.39 is 0 Å². The molecule has 1 spiro atoms. The number of hydrogen-bond acceptors (Lipinski definition) is 4. The summed E-state index contributed by atoms with van der Waals surface area (Å²) in [5.74, 6) is 0.708. The third-order valence-electron chi connectivity index (χ3n) is 6.64. The fraction of sp³-hybridized carbons (Fsp3) is 0.750. The van der Waals surface area contributed by atoms with Crippen LogP contribution in [0.1, 0.15) is 50.6 Å². The number of likely N-dealkylation sites (tertiary alicyclic amines) is 1. The van der Waals surface area contributed by atoms with Gasteiger partial charge in [0.25, 0.3) is 0 Å². The molecule has 3 aliphatic rings. The average Bonchev–Trinajstić information content (AvgIpc) is 3.01. The van der Waals surface area contributed by atoms with Crippen molar-refractivity contribution in [3.8, 4) is 0 Å². The molecule has 0 amide bonds. The monoisotopic (exact) mass is 347 g/mol. The molecule has 1 saturated carbocycles. The molecule has 25 heavy (non-hydrogen) atoms. The van der Waals surface area contributed by atoms with Crippen molar-refractivity contribution in [3.05, 3.63) is 23.6 Å². The van der Waals surface area contributed by atoms with Crippen LogP contribution in [0.25, 0.3) is 0 Å². The lowest BCUT2D eigenvalue weighted by molar-refractivity contribution is 0.0770. The van der Waals surface area contributed by atoms with E-state index in [1.54, 1.807) is 13.0 Å². The van der Waals surface area contributed by atoms with Gasteiger partial charge in [0.2, 0.25) is 0 Å². The van der Waals surface area contributed by atoms with Gasteiger partial charge in [0.1, 0.15) is 11.6 Å². The maximum absolute atomic E-state index is 13.5. The summed E-state index contributed by atoms with van der Waals surface area (Å²) in [5.41, 5.74) is 0.851. The molecule has 4 nitrogen and oxygen atoms in total. The highest BCUT2D eigenvalue weighted by Gasteiger charge is 2.43. The van der Waals surface area contributed by atoms with Crippen molar-refractivity contribution in [1.29, 1.82) is 0 Å². The number of aromatic nitrogens is 1. The summed E-state index contributed by atoms with van der Waals surface area (Å²) in [4.78, 5) is 9.52. The van der Waals surface area contributed by atoms with E-state index in [0.29, 0.717) is 17.2 Å². The number of aliphatic hydroxyl groups excluding tert-OH is 1. The van der Waals surface area contributed by atoms with Crippen LogP contribution in [0, 0.1) is 18.2 Å². The van der Waals surface area contributed by atoms with Gasteiger partial charge in [0, 0.05) is 31.1 Å². The predicted octanol–water partition coefficient (Wildman–Crippen LogP) is 3.12. The molecule has 138 valence electrons. The molecule has 0 aromatic carbocycles. The van der Waals surface area contributed by atoms with Crippen LogP contribution in [0.15, 0.2) is 12.1 Å². The molecule has 1 aromatic heterocycles. The van der Waals surface area contributed by atoms with Crippen molar-refractivity contribution in [1.82, 2.24) is 9.88 Å². The first-order valence-corrected chi connectivity index (χ1v) is 9.85. The van der Waals surface area contributed by atoms with Crippen molar-refractivity contribution in [3.63, 3.8) is 0 Å². The molecular weight excluding hydrogens is 317 g/mol. The maximum atomic E-state index is 13.5. The SMILES string of the molecule is Cc1nc(N2CCC[C@@]3(CCN(C4CCC(O)CC4)C3)C2)ccc1F. The Morgan fingerprint density at radius 1 is 1.12 bits per heavy atom. The molecule has 1 aromatic rings. The fourth-order valence-electron chi connectivity index (χ4n) is 5.15. The van der Waals surface area contributed by atoms with E-state index in [-0.39, 0.29) is 11.9 Å². The van der Waals surface area contributed by atoms with Gasteiger partial charge in [0.15, 0.2) is 0 Å². The molecule has 3 heterocycles. The molecule has 3 fully saturated rings. The normalized spacial score (nSPS) is 34.0. The molecule has 1 N–H and O–H groups in total. The number of nitrogens with zero attached hydrogens (tertiary/aromatic N) is 3. The minimum atomic E-state index is -0.220. The molecule has 0 unspecified atom stereocenters. The minimum absolute atomic E-state index is 0.0780. The number of pyridine rings is 1. The van der Waals surface area contributed by atoms with Gasteiger partial charge in [-0.3, -0.25) is 4.90 Å². The number of aryl methyl sites for hydroxylation is 1. The lowest BCUT2D eigenvalue weighted by Gasteiger charge is -2.42. The number of hydrogen-bond donors (Lipinski definition) is 1. The summed E-state index contributed by atoms with van der Waals surface area (Å²) in [6.07, 6.45) is 7.84. The maximum Gasteiger partial charge on any atom is 0.144 e. The van der Waals surface area contributed by atoms with E-state index in [9.17, 15) is 9.50 Å². The lowest BCUT2D eigenvalue weighted by Crippen LogP contribution is -2.46.